The fourth-order valence-corrected chi connectivity index (χ4v) is 3.33. The number of rotatable bonds is 4. The van der Waals surface area contributed by atoms with Crippen LogP contribution in [0.4, 0.5) is 10.5 Å². The van der Waals surface area contributed by atoms with Crippen molar-refractivity contribution in [3.8, 4) is 0 Å². The molecule has 1 saturated heterocycles. The Hall–Kier alpha value is -0.630. The number of nitrogens with zero attached hydrogens (tertiary/aromatic N) is 1. The van der Waals surface area contributed by atoms with E-state index in [9.17, 15) is 9.90 Å². The van der Waals surface area contributed by atoms with Crippen LogP contribution in [0.25, 0.3) is 0 Å². The summed E-state index contributed by atoms with van der Waals surface area (Å²) in [7, 11) is 0. The monoisotopic (exact) mass is 347 g/mol. The number of carbonyl (C=O) groups excluding carboxylic acids is 1. The van der Waals surface area contributed by atoms with Crippen LogP contribution < -0.4 is 10.6 Å². The molecule has 106 valence electrons. The van der Waals surface area contributed by atoms with Crippen molar-refractivity contribution in [3.05, 3.63) is 15.2 Å². The maximum absolute atomic E-state index is 11.7. The molecule has 0 aromatic carbocycles. The maximum Gasteiger partial charge on any atom is 0.319 e. The van der Waals surface area contributed by atoms with Crippen molar-refractivity contribution >= 4 is 39.0 Å². The second-order valence-corrected chi connectivity index (χ2v) is 6.19. The topological polar surface area (TPSA) is 64.6 Å². The molecule has 1 aliphatic rings. The van der Waals surface area contributed by atoms with Crippen molar-refractivity contribution in [2.24, 2.45) is 0 Å². The predicted molar refractivity (Wildman–Crippen MR) is 80.7 cm³/mol. The van der Waals surface area contributed by atoms with Gasteiger partial charge in [-0.1, -0.05) is 0 Å². The van der Waals surface area contributed by atoms with E-state index in [0.29, 0.717) is 6.54 Å². The van der Waals surface area contributed by atoms with Crippen molar-refractivity contribution in [2.75, 3.05) is 31.5 Å². The molecule has 7 heteroatoms. The molecule has 1 fully saturated rings. The average Bonchev–Trinajstić information content (AvgIpc) is 2.78. The first-order chi connectivity index (χ1) is 9.15. The van der Waals surface area contributed by atoms with Crippen LogP contribution in [0.1, 0.15) is 12.8 Å². The van der Waals surface area contributed by atoms with Gasteiger partial charge in [0.15, 0.2) is 0 Å². The zero-order valence-electron chi connectivity index (χ0n) is 10.6. The molecular formula is C12H18BrN3O2S. The van der Waals surface area contributed by atoms with Crippen LogP contribution in [0.3, 0.4) is 0 Å². The molecule has 0 aliphatic carbocycles. The molecule has 0 saturated carbocycles. The van der Waals surface area contributed by atoms with E-state index in [1.54, 1.807) is 0 Å². The molecule has 1 aliphatic heterocycles. The Morgan fingerprint density at radius 2 is 2.21 bits per heavy atom. The van der Waals surface area contributed by atoms with Gasteiger partial charge >= 0.3 is 6.03 Å². The minimum Gasteiger partial charge on any atom is -0.393 e. The maximum atomic E-state index is 11.7. The summed E-state index contributed by atoms with van der Waals surface area (Å²) in [4.78, 5) is 13.9. The molecule has 5 nitrogen and oxygen atoms in total. The molecule has 0 bridgehead atoms. The zero-order valence-corrected chi connectivity index (χ0v) is 13.0. The fourth-order valence-electron chi connectivity index (χ4n) is 2.01. The Bertz CT molecular complexity index is 419. The van der Waals surface area contributed by atoms with E-state index in [1.165, 1.54) is 11.3 Å². The highest BCUT2D eigenvalue weighted by Crippen LogP contribution is 2.26. The fraction of sp³-hybridized carbons (Fsp3) is 0.583. The van der Waals surface area contributed by atoms with Gasteiger partial charge in [0, 0.05) is 36.9 Å². The lowest BCUT2D eigenvalue weighted by Crippen LogP contribution is -2.41. The predicted octanol–water partition coefficient (Wildman–Crippen LogP) is 2.09. The molecule has 2 rings (SSSR count). The van der Waals surface area contributed by atoms with Gasteiger partial charge in [0.2, 0.25) is 0 Å². The largest absolute Gasteiger partial charge is 0.393 e. The number of carbonyl (C=O) groups is 1. The van der Waals surface area contributed by atoms with Crippen LogP contribution >= 0.6 is 27.3 Å². The van der Waals surface area contributed by atoms with Gasteiger partial charge in [-0.25, -0.2) is 4.79 Å². The van der Waals surface area contributed by atoms with Gasteiger partial charge in [-0.15, -0.1) is 11.3 Å². The van der Waals surface area contributed by atoms with E-state index < -0.39 is 0 Å². The van der Waals surface area contributed by atoms with E-state index in [1.807, 2.05) is 10.8 Å². The number of halogens is 1. The third-order valence-corrected chi connectivity index (χ3v) is 4.84. The number of hydrogen-bond acceptors (Lipinski definition) is 4. The summed E-state index contributed by atoms with van der Waals surface area (Å²) in [6.07, 6.45) is 1.51. The van der Waals surface area contributed by atoms with E-state index in [-0.39, 0.29) is 12.1 Å². The number of amides is 2. The molecule has 0 unspecified atom stereocenters. The van der Waals surface area contributed by atoms with Crippen LogP contribution in [-0.2, 0) is 0 Å². The third-order valence-electron chi connectivity index (χ3n) is 3.13. The van der Waals surface area contributed by atoms with Gasteiger partial charge in [-0.05, 0) is 28.8 Å². The van der Waals surface area contributed by atoms with Gasteiger partial charge in [0.25, 0.3) is 0 Å². The Kier molecular flexibility index (Phi) is 5.62. The van der Waals surface area contributed by atoms with Crippen LogP contribution in [0.2, 0.25) is 0 Å². The summed E-state index contributed by atoms with van der Waals surface area (Å²) in [6, 6.07) is -0.184. The molecule has 19 heavy (non-hydrogen) atoms. The molecule has 2 amide bonds. The number of nitrogens with one attached hydrogen (secondary N) is 2. The minimum absolute atomic E-state index is 0.150. The molecule has 0 radical (unpaired) electrons. The van der Waals surface area contributed by atoms with Crippen LogP contribution in [0, 0.1) is 0 Å². The Labute approximate surface area is 125 Å². The van der Waals surface area contributed by atoms with Gasteiger partial charge in [-0.2, -0.15) is 0 Å². The second-order valence-electron chi connectivity index (χ2n) is 4.59. The first-order valence-corrected chi connectivity index (χ1v) is 8.05. The molecule has 3 N–H and O–H groups in total. The second kappa shape index (κ2) is 7.23. The highest BCUT2D eigenvalue weighted by Gasteiger charge is 2.16. The van der Waals surface area contributed by atoms with Crippen LogP contribution in [0.15, 0.2) is 15.2 Å². The van der Waals surface area contributed by atoms with Crippen molar-refractivity contribution in [1.82, 2.24) is 10.2 Å². The summed E-state index contributed by atoms with van der Waals surface area (Å²) < 4.78 is 0.901. The molecule has 1 aromatic rings. The first kappa shape index (κ1) is 14.8. The van der Waals surface area contributed by atoms with E-state index >= 15 is 0 Å². The van der Waals surface area contributed by atoms with E-state index in [2.05, 4.69) is 31.5 Å². The highest BCUT2D eigenvalue weighted by molar-refractivity contribution is 9.10. The Balaban J connectivity index is 1.63. The number of thiophene rings is 1. The smallest absolute Gasteiger partial charge is 0.319 e. The first-order valence-electron chi connectivity index (χ1n) is 6.32. The van der Waals surface area contributed by atoms with Crippen molar-refractivity contribution in [3.63, 3.8) is 0 Å². The summed E-state index contributed by atoms with van der Waals surface area (Å²) >= 11 is 4.90. The zero-order chi connectivity index (χ0) is 13.7. The summed E-state index contributed by atoms with van der Waals surface area (Å²) in [6.45, 7) is 3.25. The van der Waals surface area contributed by atoms with Crippen molar-refractivity contribution in [1.29, 1.82) is 0 Å². The summed E-state index contributed by atoms with van der Waals surface area (Å²) in [5, 5.41) is 18.8. The Morgan fingerprint density at radius 3 is 2.84 bits per heavy atom. The van der Waals surface area contributed by atoms with Gasteiger partial charge in [0.05, 0.1) is 16.3 Å². The normalized spacial score (nSPS) is 17.4. The summed E-state index contributed by atoms with van der Waals surface area (Å²) in [5.74, 6) is 0. The minimum atomic E-state index is -0.184. The molecule has 0 spiro atoms. The number of aliphatic hydroxyl groups is 1. The lowest BCUT2D eigenvalue weighted by Gasteiger charge is -2.29. The SMILES string of the molecule is O=C(NCCN1CCC(O)CC1)Nc1cscc1Br. The lowest BCUT2D eigenvalue weighted by molar-refractivity contribution is 0.0833. The van der Waals surface area contributed by atoms with Crippen molar-refractivity contribution < 1.29 is 9.90 Å². The number of anilines is 1. The standard InChI is InChI=1S/C12H18BrN3O2S/c13-10-7-19-8-11(10)15-12(18)14-3-6-16-4-1-9(17)2-5-16/h7-9,17H,1-6H2,(H2,14,15,18). The number of urea groups is 1. The molecular weight excluding hydrogens is 330 g/mol. The summed E-state index contributed by atoms with van der Waals surface area (Å²) in [5.41, 5.74) is 0.795. The highest BCUT2D eigenvalue weighted by atomic mass is 79.9. The van der Waals surface area contributed by atoms with Crippen molar-refractivity contribution in [2.45, 2.75) is 18.9 Å². The molecule has 1 aromatic heterocycles. The molecule has 0 atom stereocenters. The van der Waals surface area contributed by atoms with E-state index in [0.717, 1.165) is 42.6 Å². The third kappa shape index (κ3) is 4.76. The van der Waals surface area contributed by atoms with Crippen LogP contribution in [0.5, 0.6) is 0 Å². The number of likely N-dealkylation sites (tertiary alicyclic amines) is 1. The van der Waals surface area contributed by atoms with Gasteiger partial charge in [-0.3, -0.25) is 0 Å². The number of piperidine rings is 1. The van der Waals surface area contributed by atoms with E-state index in [4.69, 9.17) is 0 Å². The van der Waals surface area contributed by atoms with Gasteiger partial charge in [0.1, 0.15) is 0 Å². The number of aliphatic hydroxyl groups excluding tert-OH is 1. The van der Waals surface area contributed by atoms with Crippen LogP contribution in [-0.4, -0.2) is 48.3 Å². The quantitative estimate of drug-likeness (QED) is 0.781. The van der Waals surface area contributed by atoms with Gasteiger partial charge < -0.3 is 20.6 Å². The Morgan fingerprint density at radius 1 is 1.47 bits per heavy atom. The average molecular weight is 348 g/mol. The molecule has 2 heterocycles. The number of hydrogen-bond donors (Lipinski definition) is 3. The lowest BCUT2D eigenvalue weighted by atomic mass is 10.1.